The molecule has 2 nitrogen and oxygen atoms in total. The number of hydrogen-bond donors (Lipinski definition) is 1. The van der Waals surface area contributed by atoms with Gasteiger partial charge in [-0.3, -0.25) is 4.98 Å². The van der Waals surface area contributed by atoms with Crippen molar-refractivity contribution in [1.82, 2.24) is 4.98 Å². The Morgan fingerprint density at radius 2 is 1.86 bits per heavy atom. The molecule has 1 N–H and O–H groups in total. The summed E-state index contributed by atoms with van der Waals surface area (Å²) in [7, 11) is 0. The lowest BCUT2D eigenvalue weighted by atomic mass is 9.97. The molecule has 3 aromatic rings. The van der Waals surface area contributed by atoms with E-state index >= 15 is 0 Å². The van der Waals surface area contributed by atoms with Crippen molar-refractivity contribution in [1.29, 1.82) is 0 Å². The summed E-state index contributed by atoms with van der Waals surface area (Å²) in [6, 6.07) is 18.6. The fraction of sp³-hybridized carbons (Fsp3) is 0.211. The Morgan fingerprint density at radius 1 is 1.00 bits per heavy atom. The summed E-state index contributed by atoms with van der Waals surface area (Å²) in [5.41, 5.74) is 2.34. The highest BCUT2D eigenvalue weighted by molar-refractivity contribution is 5.85. The summed E-state index contributed by atoms with van der Waals surface area (Å²) < 4.78 is 0. The second-order valence-electron chi connectivity index (χ2n) is 5.81. The van der Waals surface area contributed by atoms with Crippen LogP contribution in [0.1, 0.15) is 29.6 Å². The van der Waals surface area contributed by atoms with Gasteiger partial charge in [0.15, 0.2) is 0 Å². The third-order valence-electron chi connectivity index (χ3n) is 4.51. The summed E-state index contributed by atoms with van der Waals surface area (Å²) in [6.07, 6.45) is 4.29. The number of aromatic nitrogens is 1. The molecule has 3 atom stereocenters. The van der Waals surface area contributed by atoms with Crippen molar-refractivity contribution < 1.29 is 5.11 Å². The van der Waals surface area contributed by atoms with Gasteiger partial charge in [0, 0.05) is 17.8 Å². The van der Waals surface area contributed by atoms with Gasteiger partial charge in [-0.05, 0) is 40.8 Å². The van der Waals surface area contributed by atoms with Gasteiger partial charge in [-0.15, -0.1) is 0 Å². The Bertz CT molecular complexity index is 763. The van der Waals surface area contributed by atoms with Gasteiger partial charge < -0.3 is 5.11 Å². The molecule has 0 saturated heterocycles. The molecule has 4 rings (SSSR count). The Morgan fingerprint density at radius 3 is 2.71 bits per heavy atom. The first-order valence-corrected chi connectivity index (χ1v) is 7.40. The first kappa shape index (κ1) is 12.5. The molecule has 1 aromatic heterocycles. The zero-order valence-corrected chi connectivity index (χ0v) is 11.7. The van der Waals surface area contributed by atoms with E-state index in [0.29, 0.717) is 11.8 Å². The van der Waals surface area contributed by atoms with Crippen LogP contribution in [0.15, 0.2) is 67.0 Å². The van der Waals surface area contributed by atoms with E-state index in [1.165, 1.54) is 5.56 Å². The van der Waals surface area contributed by atoms with Gasteiger partial charge in [-0.1, -0.05) is 48.5 Å². The molecule has 1 aliphatic carbocycles. The molecule has 2 aromatic carbocycles. The summed E-state index contributed by atoms with van der Waals surface area (Å²) in [4.78, 5) is 4.20. The maximum atomic E-state index is 10.8. The average Bonchev–Trinajstić information content (AvgIpc) is 3.35. The largest absolute Gasteiger partial charge is 0.388 e. The number of hydrogen-bond acceptors (Lipinski definition) is 2. The summed E-state index contributed by atoms with van der Waals surface area (Å²) in [5, 5.41) is 13.0. The SMILES string of the molecule is OC(c1cccc2ccncc12)C1CC1c1ccccc1. The molecule has 1 saturated carbocycles. The minimum absolute atomic E-state index is 0.318. The summed E-state index contributed by atoms with van der Waals surface area (Å²) in [6.45, 7) is 0. The zero-order valence-electron chi connectivity index (χ0n) is 11.7. The van der Waals surface area contributed by atoms with Gasteiger partial charge in [0.2, 0.25) is 0 Å². The quantitative estimate of drug-likeness (QED) is 0.781. The van der Waals surface area contributed by atoms with Gasteiger partial charge in [0.25, 0.3) is 0 Å². The van der Waals surface area contributed by atoms with E-state index in [1.807, 2.05) is 30.5 Å². The predicted molar refractivity (Wildman–Crippen MR) is 84.0 cm³/mol. The van der Waals surface area contributed by atoms with Crippen LogP contribution in [0.2, 0.25) is 0 Å². The molecule has 21 heavy (non-hydrogen) atoms. The summed E-state index contributed by atoms with van der Waals surface area (Å²) >= 11 is 0. The normalized spacial score (nSPS) is 22.1. The summed E-state index contributed by atoms with van der Waals surface area (Å²) in [5.74, 6) is 0.798. The lowest BCUT2D eigenvalue weighted by molar-refractivity contribution is 0.153. The van der Waals surface area contributed by atoms with Gasteiger partial charge in [-0.2, -0.15) is 0 Å². The Balaban J connectivity index is 1.65. The van der Waals surface area contributed by atoms with E-state index in [4.69, 9.17) is 0 Å². The number of aliphatic hydroxyl groups is 1. The predicted octanol–water partition coefficient (Wildman–Crippen LogP) is 4.07. The van der Waals surface area contributed by atoms with Crippen LogP contribution in [0.3, 0.4) is 0 Å². The standard InChI is InChI=1S/C19H17NO/c21-19(17-11-16(17)13-5-2-1-3-6-13)15-8-4-7-14-9-10-20-12-18(14)15/h1-10,12,16-17,19,21H,11H2. The Hall–Kier alpha value is -2.19. The van der Waals surface area contributed by atoms with E-state index in [1.54, 1.807) is 6.20 Å². The number of aliphatic hydroxyl groups excluding tert-OH is 1. The van der Waals surface area contributed by atoms with E-state index in [2.05, 4.69) is 35.3 Å². The van der Waals surface area contributed by atoms with E-state index < -0.39 is 6.10 Å². The van der Waals surface area contributed by atoms with E-state index in [0.717, 1.165) is 22.8 Å². The number of fused-ring (bicyclic) bond motifs is 1. The topological polar surface area (TPSA) is 33.1 Å². The van der Waals surface area contributed by atoms with Crippen molar-refractivity contribution in [2.24, 2.45) is 5.92 Å². The molecule has 0 spiro atoms. The Kier molecular flexibility index (Phi) is 2.97. The zero-order chi connectivity index (χ0) is 14.2. The second-order valence-corrected chi connectivity index (χ2v) is 5.81. The van der Waals surface area contributed by atoms with Crippen LogP contribution in [0, 0.1) is 5.92 Å². The first-order chi connectivity index (χ1) is 10.3. The van der Waals surface area contributed by atoms with Crippen molar-refractivity contribution in [3.63, 3.8) is 0 Å². The molecule has 104 valence electrons. The number of nitrogens with zero attached hydrogens (tertiary/aromatic N) is 1. The third kappa shape index (κ3) is 2.22. The van der Waals surface area contributed by atoms with Crippen LogP contribution in [0.4, 0.5) is 0 Å². The Labute approximate surface area is 124 Å². The highest BCUT2D eigenvalue weighted by Gasteiger charge is 2.44. The fourth-order valence-electron chi connectivity index (χ4n) is 3.27. The smallest absolute Gasteiger partial charge is 0.0830 e. The second kappa shape index (κ2) is 4.97. The molecular weight excluding hydrogens is 258 g/mol. The van der Waals surface area contributed by atoms with Crippen LogP contribution < -0.4 is 0 Å². The molecule has 0 radical (unpaired) electrons. The van der Waals surface area contributed by atoms with Crippen molar-refractivity contribution in [2.75, 3.05) is 0 Å². The van der Waals surface area contributed by atoms with Crippen molar-refractivity contribution >= 4 is 10.8 Å². The van der Waals surface area contributed by atoms with Crippen LogP contribution in [-0.4, -0.2) is 10.1 Å². The molecular formula is C19H17NO. The highest BCUT2D eigenvalue weighted by Crippen LogP contribution is 2.54. The number of rotatable bonds is 3. The van der Waals surface area contributed by atoms with Gasteiger partial charge in [0.1, 0.15) is 0 Å². The first-order valence-electron chi connectivity index (χ1n) is 7.40. The average molecular weight is 275 g/mol. The van der Waals surface area contributed by atoms with Crippen molar-refractivity contribution in [3.8, 4) is 0 Å². The van der Waals surface area contributed by atoms with Gasteiger partial charge >= 0.3 is 0 Å². The maximum absolute atomic E-state index is 10.8. The van der Waals surface area contributed by atoms with Crippen LogP contribution >= 0.6 is 0 Å². The van der Waals surface area contributed by atoms with Crippen LogP contribution in [0.25, 0.3) is 10.8 Å². The van der Waals surface area contributed by atoms with Crippen LogP contribution in [0.5, 0.6) is 0 Å². The molecule has 0 bridgehead atoms. The van der Waals surface area contributed by atoms with Crippen molar-refractivity contribution in [3.05, 3.63) is 78.1 Å². The highest BCUT2D eigenvalue weighted by atomic mass is 16.3. The molecule has 3 unspecified atom stereocenters. The van der Waals surface area contributed by atoms with E-state index in [-0.39, 0.29) is 0 Å². The lowest BCUT2D eigenvalue weighted by Gasteiger charge is -2.13. The third-order valence-corrected chi connectivity index (χ3v) is 4.51. The lowest BCUT2D eigenvalue weighted by Crippen LogP contribution is -2.02. The fourth-order valence-corrected chi connectivity index (χ4v) is 3.27. The number of pyridine rings is 1. The van der Waals surface area contributed by atoms with Gasteiger partial charge in [0.05, 0.1) is 6.10 Å². The van der Waals surface area contributed by atoms with Gasteiger partial charge in [-0.25, -0.2) is 0 Å². The molecule has 1 aliphatic rings. The minimum atomic E-state index is -0.414. The molecule has 0 aliphatic heterocycles. The monoisotopic (exact) mass is 275 g/mol. The molecule has 0 amide bonds. The van der Waals surface area contributed by atoms with Crippen molar-refractivity contribution in [2.45, 2.75) is 18.4 Å². The number of benzene rings is 2. The maximum Gasteiger partial charge on any atom is 0.0830 e. The van der Waals surface area contributed by atoms with E-state index in [9.17, 15) is 5.11 Å². The molecule has 1 fully saturated rings. The van der Waals surface area contributed by atoms with Crippen LogP contribution in [-0.2, 0) is 0 Å². The molecule has 2 heteroatoms. The molecule has 1 heterocycles. The minimum Gasteiger partial charge on any atom is -0.388 e.